The zero-order valence-electron chi connectivity index (χ0n) is 13.3. The Hall–Kier alpha value is -1.54. The van der Waals surface area contributed by atoms with E-state index in [-0.39, 0.29) is 24.3 Å². The van der Waals surface area contributed by atoms with Crippen molar-refractivity contribution in [1.29, 1.82) is 0 Å². The van der Waals surface area contributed by atoms with E-state index in [9.17, 15) is 9.59 Å². The maximum Gasteiger partial charge on any atom is 0.237 e. The summed E-state index contributed by atoms with van der Waals surface area (Å²) in [5.41, 5.74) is 0. The van der Waals surface area contributed by atoms with Gasteiger partial charge in [0.2, 0.25) is 11.8 Å². The number of rotatable bonds is 6. The highest BCUT2D eigenvalue weighted by Crippen LogP contribution is 2.13. The number of carbonyl (C=O) groups excluding carboxylic acids is 2. The third-order valence-corrected chi connectivity index (χ3v) is 4.73. The van der Waals surface area contributed by atoms with E-state index < -0.39 is 6.04 Å². The van der Waals surface area contributed by atoms with Crippen molar-refractivity contribution in [3.05, 3.63) is 10.0 Å². The van der Waals surface area contributed by atoms with Crippen LogP contribution in [0.5, 0.6) is 0 Å². The number of hydrogen-bond donors (Lipinski definition) is 2. The van der Waals surface area contributed by atoms with Crippen LogP contribution < -0.4 is 10.6 Å². The van der Waals surface area contributed by atoms with E-state index in [0.717, 1.165) is 23.0 Å². The van der Waals surface area contributed by atoms with Crippen molar-refractivity contribution in [1.82, 2.24) is 25.7 Å². The average Bonchev–Trinajstić information content (AvgIpc) is 2.95. The minimum absolute atomic E-state index is 0.0701. The molecular formula is C14H23N5O2S. The van der Waals surface area contributed by atoms with Gasteiger partial charge in [-0.3, -0.25) is 14.5 Å². The minimum Gasteiger partial charge on any atom is -0.353 e. The van der Waals surface area contributed by atoms with Crippen molar-refractivity contribution in [3.8, 4) is 0 Å². The summed E-state index contributed by atoms with van der Waals surface area (Å²) in [4.78, 5) is 26.2. The highest BCUT2D eigenvalue weighted by Gasteiger charge is 2.32. The zero-order valence-corrected chi connectivity index (χ0v) is 14.1. The molecule has 0 aromatic carbocycles. The van der Waals surface area contributed by atoms with Crippen LogP contribution in [0, 0.1) is 0 Å². The number of aromatic nitrogens is 2. The van der Waals surface area contributed by atoms with Gasteiger partial charge in [-0.25, -0.2) is 0 Å². The Morgan fingerprint density at radius 2 is 2.18 bits per heavy atom. The number of hydrogen-bond acceptors (Lipinski definition) is 6. The molecule has 1 aromatic rings. The minimum atomic E-state index is -0.394. The smallest absolute Gasteiger partial charge is 0.237 e. The van der Waals surface area contributed by atoms with Crippen molar-refractivity contribution >= 4 is 23.2 Å². The van der Waals surface area contributed by atoms with Crippen LogP contribution in [0.25, 0.3) is 0 Å². The molecule has 1 aromatic heterocycles. The molecule has 1 atom stereocenters. The van der Waals surface area contributed by atoms with Gasteiger partial charge in [0.05, 0.1) is 19.0 Å². The standard InChI is InChI=1S/C14H23N5O2S/c1-4-12-17-18-13(22-12)8-16-11(20)7-10-14(21)15-5-6-19(10)9(2)3/h9-10H,4-8H2,1-3H3,(H,15,21)(H,16,20)/t10-/m1/s1. The van der Waals surface area contributed by atoms with Crippen LogP contribution in [0.3, 0.4) is 0 Å². The summed E-state index contributed by atoms with van der Waals surface area (Å²) >= 11 is 1.50. The maximum atomic E-state index is 12.1. The van der Waals surface area contributed by atoms with E-state index in [2.05, 4.69) is 25.7 Å². The third kappa shape index (κ3) is 4.23. The second-order valence-electron chi connectivity index (χ2n) is 5.56. The molecule has 2 heterocycles. The first-order valence-corrected chi connectivity index (χ1v) is 8.44. The average molecular weight is 325 g/mol. The van der Waals surface area contributed by atoms with Gasteiger partial charge >= 0.3 is 0 Å². The van der Waals surface area contributed by atoms with Gasteiger partial charge in [-0.05, 0) is 20.3 Å². The molecule has 1 aliphatic rings. The zero-order chi connectivity index (χ0) is 16.1. The van der Waals surface area contributed by atoms with Crippen LogP contribution in [0.15, 0.2) is 0 Å². The van der Waals surface area contributed by atoms with Crippen molar-refractivity contribution in [2.45, 2.75) is 52.2 Å². The molecule has 22 heavy (non-hydrogen) atoms. The number of aryl methyl sites for hydroxylation is 1. The lowest BCUT2D eigenvalue weighted by atomic mass is 10.1. The lowest BCUT2D eigenvalue weighted by Gasteiger charge is -2.37. The second-order valence-corrected chi connectivity index (χ2v) is 6.71. The van der Waals surface area contributed by atoms with E-state index >= 15 is 0 Å². The van der Waals surface area contributed by atoms with Crippen LogP contribution in [-0.2, 0) is 22.6 Å². The van der Waals surface area contributed by atoms with E-state index in [0.29, 0.717) is 13.1 Å². The molecule has 0 bridgehead atoms. The summed E-state index contributed by atoms with van der Waals surface area (Å²) in [5, 5.41) is 15.5. The van der Waals surface area contributed by atoms with E-state index in [1.165, 1.54) is 11.3 Å². The topological polar surface area (TPSA) is 87.2 Å². The molecule has 7 nitrogen and oxygen atoms in total. The number of nitrogens with zero attached hydrogens (tertiary/aromatic N) is 3. The second kappa shape index (κ2) is 7.64. The summed E-state index contributed by atoms with van der Waals surface area (Å²) in [5.74, 6) is -0.208. The van der Waals surface area contributed by atoms with Crippen LogP contribution in [-0.4, -0.2) is 52.1 Å². The van der Waals surface area contributed by atoms with Gasteiger partial charge < -0.3 is 10.6 Å². The fraction of sp³-hybridized carbons (Fsp3) is 0.714. The Morgan fingerprint density at radius 1 is 1.45 bits per heavy atom. The lowest BCUT2D eigenvalue weighted by Crippen LogP contribution is -2.58. The predicted molar refractivity (Wildman–Crippen MR) is 84.4 cm³/mol. The van der Waals surface area contributed by atoms with E-state index in [1.54, 1.807) is 0 Å². The number of amides is 2. The monoisotopic (exact) mass is 325 g/mol. The van der Waals surface area contributed by atoms with Crippen LogP contribution in [0.4, 0.5) is 0 Å². The molecule has 0 saturated carbocycles. The molecule has 0 spiro atoms. The summed E-state index contributed by atoms with van der Waals surface area (Å²) in [6.45, 7) is 7.88. The van der Waals surface area contributed by atoms with Gasteiger partial charge in [-0.15, -0.1) is 10.2 Å². The van der Waals surface area contributed by atoms with Crippen LogP contribution in [0.1, 0.15) is 37.2 Å². The maximum absolute atomic E-state index is 12.1. The molecule has 1 saturated heterocycles. The highest BCUT2D eigenvalue weighted by molar-refractivity contribution is 7.11. The normalized spacial score (nSPS) is 19.3. The van der Waals surface area contributed by atoms with Crippen LogP contribution in [0.2, 0.25) is 0 Å². The SMILES string of the molecule is CCc1nnc(CNC(=O)C[C@@H]2C(=O)NCCN2C(C)C)s1. The largest absolute Gasteiger partial charge is 0.353 e. The quantitative estimate of drug-likeness (QED) is 0.786. The Bertz CT molecular complexity index is 531. The van der Waals surface area contributed by atoms with Gasteiger partial charge in [0.15, 0.2) is 0 Å². The van der Waals surface area contributed by atoms with Gasteiger partial charge in [-0.1, -0.05) is 18.3 Å². The lowest BCUT2D eigenvalue weighted by molar-refractivity contribution is -0.134. The number of nitrogens with one attached hydrogen (secondary N) is 2. The molecule has 2 rings (SSSR count). The van der Waals surface area contributed by atoms with E-state index in [4.69, 9.17) is 0 Å². The Kier molecular flexibility index (Phi) is 5.84. The Balaban J connectivity index is 1.88. The molecule has 2 amide bonds. The fourth-order valence-electron chi connectivity index (χ4n) is 2.49. The molecule has 122 valence electrons. The van der Waals surface area contributed by atoms with Gasteiger partial charge in [-0.2, -0.15) is 0 Å². The summed E-state index contributed by atoms with van der Waals surface area (Å²) in [6, 6.07) is -0.159. The molecule has 2 N–H and O–H groups in total. The van der Waals surface area contributed by atoms with Crippen LogP contribution >= 0.6 is 11.3 Å². The summed E-state index contributed by atoms with van der Waals surface area (Å²) < 4.78 is 0. The van der Waals surface area contributed by atoms with Crippen molar-refractivity contribution in [2.75, 3.05) is 13.1 Å². The molecule has 0 aliphatic carbocycles. The molecule has 0 radical (unpaired) electrons. The van der Waals surface area contributed by atoms with Gasteiger partial charge in [0.1, 0.15) is 10.0 Å². The predicted octanol–water partition coefficient (Wildman–Crippen LogP) is 0.316. The third-order valence-electron chi connectivity index (χ3n) is 3.66. The Morgan fingerprint density at radius 3 is 2.82 bits per heavy atom. The van der Waals surface area contributed by atoms with Gasteiger partial charge in [0, 0.05) is 19.1 Å². The van der Waals surface area contributed by atoms with Crippen molar-refractivity contribution in [3.63, 3.8) is 0 Å². The number of carbonyl (C=O) groups is 2. The van der Waals surface area contributed by atoms with Crippen molar-refractivity contribution < 1.29 is 9.59 Å². The molecule has 1 fully saturated rings. The van der Waals surface area contributed by atoms with Crippen molar-refractivity contribution in [2.24, 2.45) is 0 Å². The van der Waals surface area contributed by atoms with Gasteiger partial charge in [0.25, 0.3) is 0 Å². The highest BCUT2D eigenvalue weighted by atomic mass is 32.1. The Labute approximate surface area is 134 Å². The number of piperazine rings is 1. The first kappa shape index (κ1) is 16.8. The molecule has 1 aliphatic heterocycles. The fourth-order valence-corrected chi connectivity index (χ4v) is 3.21. The molecular weight excluding hydrogens is 302 g/mol. The first-order valence-electron chi connectivity index (χ1n) is 7.62. The summed E-state index contributed by atoms with van der Waals surface area (Å²) in [7, 11) is 0. The molecule has 0 unspecified atom stereocenters. The summed E-state index contributed by atoms with van der Waals surface area (Å²) in [6.07, 6.45) is 1.01. The molecule has 8 heteroatoms. The van der Waals surface area contributed by atoms with E-state index in [1.807, 2.05) is 20.8 Å². The first-order chi connectivity index (χ1) is 10.5.